The van der Waals surface area contributed by atoms with Crippen LogP contribution < -0.4 is 5.32 Å². The summed E-state index contributed by atoms with van der Waals surface area (Å²) < 4.78 is 0. The second kappa shape index (κ2) is 5.63. The standard InChI is InChI=1S/C9H12ClN3O2/c1-6(14)2-3-11-9(15)7-4-13-8(10)5-12-7/h4-6,14H,2-3H2,1H3,(H,11,15). The first kappa shape index (κ1) is 11.9. The molecule has 0 aliphatic rings. The van der Waals surface area contributed by atoms with Gasteiger partial charge in [-0.1, -0.05) is 11.6 Å². The molecule has 0 aliphatic carbocycles. The molecule has 1 rings (SSSR count). The maximum absolute atomic E-state index is 11.4. The molecule has 1 atom stereocenters. The van der Waals surface area contributed by atoms with Crippen LogP contribution >= 0.6 is 11.6 Å². The number of nitrogens with one attached hydrogen (secondary N) is 1. The Balaban J connectivity index is 2.43. The van der Waals surface area contributed by atoms with Crippen LogP contribution in [0.25, 0.3) is 0 Å². The molecule has 1 amide bonds. The van der Waals surface area contributed by atoms with Crippen LogP contribution in [0.15, 0.2) is 12.4 Å². The zero-order chi connectivity index (χ0) is 11.3. The van der Waals surface area contributed by atoms with E-state index in [0.717, 1.165) is 0 Å². The highest BCUT2D eigenvalue weighted by Gasteiger charge is 2.07. The van der Waals surface area contributed by atoms with Gasteiger partial charge < -0.3 is 10.4 Å². The van der Waals surface area contributed by atoms with Crippen molar-refractivity contribution < 1.29 is 9.90 Å². The lowest BCUT2D eigenvalue weighted by molar-refractivity contribution is 0.0940. The van der Waals surface area contributed by atoms with E-state index in [9.17, 15) is 4.79 Å². The highest BCUT2D eigenvalue weighted by atomic mass is 35.5. The quantitative estimate of drug-likeness (QED) is 0.794. The molecule has 0 saturated heterocycles. The molecule has 0 radical (unpaired) electrons. The first-order valence-corrected chi connectivity index (χ1v) is 4.91. The molecule has 0 spiro atoms. The van der Waals surface area contributed by atoms with Gasteiger partial charge in [-0.15, -0.1) is 0 Å². The summed E-state index contributed by atoms with van der Waals surface area (Å²) in [5.74, 6) is -0.320. The lowest BCUT2D eigenvalue weighted by atomic mass is 10.3. The number of hydrogen-bond acceptors (Lipinski definition) is 4. The van der Waals surface area contributed by atoms with E-state index in [4.69, 9.17) is 16.7 Å². The van der Waals surface area contributed by atoms with Gasteiger partial charge in [-0.2, -0.15) is 0 Å². The number of hydrogen-bond donors (Lipinski definition) is 2. The number of carbonyl (C=O) groups is 1. The first-order chi connectivity index (χ1) is 7.09. The Morgan fingerprint density at radius 2 is 2.33 bits per heavy atom. The van der Waals surface area contributed by atoms with Crippen molar-refractivity contribution in [3.05, 3.63) is 23.2 Å². The predicted molar refractivity (Wildman–Crippen MR) is 55.7 cm³/mol. The Labute approximate surface area is 92.5 Å². The molecule has 5 nitrogen and oxygen atoms in total. The molecule has 2 N–H and O–H groups in total. The van der Waals surface area contributed by atoms with Gasteiger partial charge in [0.25, 0.3) is 5.91 Å². The van der Waals surface area contributed by atoms with E-state index >= 15 is 0 Å². The Hall–Kier alpha value is -1.20. The molecule has 0 aromatic carbocycles. The van der Waals surface area contributed by atoms with Gasteiger partial charge in [0.2, 0.25) is 0 Å². The second-order valence-corrected chi connectivity index (χ2v) is 3.51. The Bertz CT molecular complexity index is 327. The molecule has 15 heavy (non-hydrogen) atoms. The highest BCUT2D eigenvalue weighted by Crippen LogP contribution is 2.01. The smallest absolute Gasteiger partial charge is 0.271 e. The highest BCUT2D eigenvalue weighted by molar-refractivity contribution is 6.29. The summed E-state index contributed by atoms with van der Waals surface area (Å²) in [5, 5.41) is 11.8. The summed E-state index contributed by atoms with van der Waals surface area (Å²) in [6.45, 7) is 2.06. The van der Waals surface area contributed by atoms with E-state index < -0.39 is 6.10 Å². The second-order valence-electron chi connectivity index (χ2n) is 3.12. The van der Waals surface area contributed by atoms with Gasteiger partial charge in [-0.25, -0.2) is 9.97 Å². The summed E-state index contributed by atoms with van der Waals surface area (Å²) in [7, 11) is 0. The topological polar surface area (TPSA) is 75.1 Å². The molecule has 1 aromatic heterocycles. The molecule has 1 unspecified atom stereocenters. The van der Waals surface area contributed by atoms with Gasteiger partial charge in [-0.05, 0) is 13.3 Å². The molecule has 1 aromatic rings. The van der Waals surface area contributed by atoms with Crippen LogP contribution in [0.5, 0.6) is 0 Å². The van der Waals surface area contributed by atoms with Crippen molar-refractivity contribution >= 4 is 17.5 Å². The van der Waals surface area contributed by atoms with E-state index in [0.29, 0.717) is 13.0 Å². The summed E-state index contributed by atoms with van der Waals surface area (Å²) >= 11 is 5.52. The van der Waals surface area contributed by atoms with Crippen LogP contribution in [0.1, 0.15) is 23.8 Å². The zero-order valence-corrected chi connectivity index (χ0v) is 9.03. The number of amides is 1. The summed E-state index contributed by atoms with van der Waals surface area (Å²) in [5.41, 5.74) is 0.213. The van der Waals surface area contributed by atoms with Crippen LogP contribution in [-0.2, 0) is 0 Å². The van der Waals surface area contributed by atoms with Crippen molar-refractivity contribution in [2.75, 3.05) is 6.54 Å². The van der Waals surface area contributed by atoms with Crippen LogP contribution in [0.4, 0.5) is 0 Å². The number of nitrogens with zero attached hydrogens (tertiary/aromatic N) is 2. The maximum atomic E-state index is 11.4. The van der Waals surface area contributed by atoms with Gasteiger partial charge >= 0.3 is 0 Å². The summed E-state index contributed by atoms with van der Waals surface area (Å²) in [4.78, 5) is 18.9. The molecular weight excluding hydrogens is 218 g/mol. The van der Waals surface area contributed by atoms with Crippen LogP contribution in [-0.4, -0.2) is 33.6 Å². The fourth-order valence-corrected chi connectivity index (χ4v) is 1.01. The molecule has 0 saturated carbocycles. The first-order valence-electron chi connectivity index (χ1n) is 4.53. The Kier molecular flexibility index (Phi) is 4.45. The fraction of sp³-hybridized carbons (Fsp3) is 0.444. The minimum atomic E-state index is -0.429. The maximum Gasteiger partial charge on any atom is 0.271 e. The average molecular weight is 230 g/mol. The average Bonchev–Trinajstić information content (AvgIpc) is 2.18. The minimum absolute atomic E-state index is 0.213. The van der Waals surface area contributed by atoms with Crippen LogP contribution in [0, 0.1) is 0 Å². The number of carbonyl (C=O) groups excluding carboxylic acids is 1. The van der Waals surface area contributed by atoms with E-state index in [1.807, 2.05) is 0 Å². The zero-order valence-electron chi connectivity index (χ0n) is 8.27. The summed E-state index contributed by atoms with van der Waals surface area (Å²) in [6.07, 6.45) is 2.69. The fourth-order valence-electron chi connectivity index (χ4n) is 0.915. The van der Waals surface area contributed by atoms with E-state index in [2.05, 4.69) is 15.3 Å². The number of halogens is 1. The van der Waals surface area contributed by atoms with Gasteiger partial charge in [0, 0.05) is 6.54 Å². The molecular formula is C9H12ClN3O2. The lowest BCUT2D eigenvalue weighted by Gasteiger charge is -2.05. The third kappa shape index (κ3) is 4.22. The van der Waals surface area contributed by atoms with Gasteiger partial charge in [-0.3, -0.25) is 4.79 Å². The monoisotopic (exact) mass is 229 g/mol. The van der Waals surface area contributed by atoms with Crippen molar-refractivity contribution in [3.8, 4) is 0 Å². The largest absolute Gasteiger partial charge is 0.393 e. The number of rotatable bonds is 4. The van der Waals surface area contributed by atoms with Gasteiger partial charge in [0.15, 0.2) is 0 Å². The Morgan fingerprint density at radius 3 is 2.87 bits per heavy atom. The van der Waals surface area contributed by atoms with Crippen molar-refractivity contribution in [1.82, 2.24) is 15.3 Å². The number of aromatic nitrogens is 2. The van der Waals surface area contributed by atoms with Crippen molar-refractivity contribution in [2.24, 2.45) is 0 Å². The molecule has 0 bridgehead atoms. The number of aliphatic hydroxyl groups is 1. The molecule has 0 fully saturated rings. The van der Waals surface area contributed by atoms with Crippen molar-refractivity contribution in [1.29, 1.82) is 0 Å². The molecule has 6 heteroatoms. The van der Waals surface area contributed by atoms with Crippen LogP contribution in [0.3, 0.4) is 0 Å². The van der Waals surface area contributed by atoms with Crippen molar-refractivity contribution in [2.45, 2.75) is 19.4 Å². The third-order valence-electron chi connectivity index (χ3n) is 1.70. The number of aliphatic hydroxyl groups excluding tert-OH is 1. The van der Waals surface area contributed by atoms with Gasteiger partial charge in [0.05, 0.1) is 18.5 Å². The molecule has 82 valence electrons. The van der Waals surface area contributed by atoms with E-state index in [1.165, 1.54) is 12.4 Å². The van der Waals surface area contributed by atoms with E-state index in [-0.39, 0.29) is 16.8 Å². The Morgan fingerprint density at radius 1 is 1.60 bits per heavy atom. The summed E-state index contributed by atoms with van der Waals surface area (Å²) in [6, 6.07) is 0. The van der Waals surface area contributed by atoms with Gasteiger partial charge in [0.1, 0.15) is 10.8 Å². The molecule has 1 heterocycles. The van der Waals surface area contributed by atoms with Crippen LogP contribution in [0.2, 0.25) is 5.15 Å². The van der Waals surface area contributed by atoms with Crippen molar-refractivity contribution in [3.63, 3.8) is 0 Å². The minimum Gasteiger partial charge on any atom is -0.393 e. The third-order valence-corrected chi connectivity index (χ3v) is 1.90. The lowest BCUT2D eigenvalue weighted by Crippen LogP contribution is -2.27. The normalized spacial score (nSPS) is 12.2. The SMILES string of the molecule is CC(O)CCNC(=O)c1cnc(Cl)cn1. The predicted octanol–water partition coefficient (Wildman–Crippen LogP) is 0.631. The van der Waals surface area contributed by atoms with E-state index in [1.54, 1.807) is 6.92 Å². The molecule has 0 aliphatic heterocycles.